The van der Waals surface area contributed by atoms with Crippen LogP contribution in [0, 0.1) is 133 Å². The monoisotopic (exact) mass is 348 g/mol. The quantitative estimate of drug-likeness (QED) is 0.628. The van der Waals surface area contributed by atoms with Crippen LogP contribution >= 0.6 is 0 Å². The van der Waals surface area contributed by atoms with Crippen LogP contribution in [0.1, 0.15) is 25.7 Å². The lowest BCUT2D eigenvalue weighted by Crippen LogP contribution is -3.31. The molecular formula is C27H24. The summed E-state index contributed by atoms with van der Waals surface area (Å²) in [5, 5.41) is 0. The van der Waals surface area contributed by atoms with Crippen LogP contribution in [0.2, 0.25) is 0 Å². The average molecular weight is 348 g/mol. The maximum atomic E-state index is 1.74. The highest BCUT2D eigenvalue weighted by Crippen LogP contribution is 3.34. The number of hydrogen-bond acceptors (Lipinski definition) is 0. The van der Waals surface area contributed by atoms with Gasteiger partial charge in [-0.05, 0) is 158 Å². The topological polar surface area (TPSA) is 0 Å². The summed E-state index contributed by atoms with van der Waals surface area (Å²) < 4.78 is 0. The largest absolute Gasteiger partial charge is 0.0461 e. The minimum atomic E-state index is 1.08. The Morgan fingerprint density at radius 2 is 0.630 bits per heavy atom. The first-order chi connectivity index (χ1) is 13.4. The van der Waals surface area contributed by atoms with Crippen LogP contribution < -0.4 is 0 Å². The van der Waals surface area contributed by atoms with E-state index >= 15 is 0 Å². The van der Waals surface area contributed by atoms with E-state index in [1.165, 1.54) is 94.7 Å². The summed E-state index contributed by atoms with van der Waals surface area (Å²) >= 11 is 0. The van der Waals surface area contributed by atoms with E-state index in [2.05, 4.69) is 0 Å². The molecule has 16 aliphatic carbocycles. The van der Waals surface area contributed by atoms with Gasteiger partial charge < -0.3 is 0 Å². The van der Waals surface area contributed by atoms with Crippen molar-refractivity contribution >= 4 is 0 Å². The molecule has 16 fully saturated rings. The molecule has 27 heavy (non-hydrogen) atoms. The van der Waals surface area contributed by atoms with Crippen molar-refractivity contribution in [1.82, 2.24) is 0 Å². The normalized spacial score (nSPS) is 117. The highest BCUT2D eigenvalue weighted by molar-refractivity contribution is 5.77. The molecule has 0 radical (unpaired) electrons. The van der Waals surface area contributed by atoms with Gasteiger partial charge in [-0.15, -0.1) is 0 Å². The molecule has 7 spiro atoms. The fraction of sp³-hybridized carbons (Fsp3) is 1.00. The third kappa shape index (κ3) is 0.327. The molecule has 12 unspecified atom stereocenters. The zero-order valence-electron chi connectivity index (χ0n) is 15.6. The van der Waals surface area contributed by atoms with Gasteiger partial charge in [0.2, 0.25) is 0 Å². The van der Waals surface area contributed by atoms with Crippen molar-refractivity contribution in [2.45, 2.75) is 25.7 Å². The summed E-state index contributed by atoms with van der Waals surface area (Å²) in [5.74, 6) is 21.5. The van der Waals surface area contributed by atoms with Gasteiger partial charge in [-0.1, -0.05) is 0 Å². The van der Waals surface area contributed by atoms with Crippen molar-refractivity contribution in [2.75, 3.05) is 0 Å². The Kier molecular flexibility index (Phi) is 0.705. The summed E-state index contributed by atoms with van der Waals surface area (Å²) in [5.41, 5.74) is 7.65. The van der Waals surface area contributed by atoms with E-state index in [1.54, 1.807) is 25.7 Å². The van der Waals surface area contributed by atoms with E-state index in [-0.39, 0.29) is 0 Å². The van der Waals surface area contributed by atoms with Crippen molar-refractivity contribution in [1.29, 1.82) is 0 Å². The lowest BCUT2D eigenvalue weighted by molar-refractivity contribution is -0.880. The molecular weight excluding hydrogens is 324 g/mol. The van der Waals surface area contributed by atoms with Crippen molar-refractivity contribution in [3.8, 4) is 0 Å². The van der Waals surface area contributed by atoms with Crippen LogP contribution in [0.3, 0.4) is 0 Å². The molecule has 16 saturated carbocycles. The average Bonchev–Trinajstić information content (AvgIpc) is 2.53. The second-order valence-corrected chi connectivity index (χ2v) is 16.2. The molecule has 16 rings (SSSR count). The third-order valence-electron chi connectivity index (χ3n) is 20.2. The van der Waals surface area contributed by atoms with Crippen molar-refractivity contribution < 1.29 is 0 Å². The molecule has 0 heterocycles. The Morgan fingerprint density at radius 3 is 0.963 bits per heavy atom. The fourth-order valence-corrected chi connectivity index (χ4v) is 23.2. The predicted molar refractivity (Wildman–Crippen MR) is 91.3 cm³/mol. The molecule has 16 aliphatic rings. The first kappa shape index (κ1) is 10.3. The number of hydrogen-bond donors (Lipinski definition) is 0. The maximum absolute atomic E-state index is 1.74. The van der Waals surface area contributed by atoms with Gasteiger partial charge >= 0.3 is 0 Å². The van der Waals surface area contributed by atoms with E-state index in [0.717, 1.165) is 37.9 Å². The van der Waals surface area contributed by atoms with E-state index < -0.39 is 0 Å². The molecule has 0 N–H and O–H groups in total. The Balaban J connectivity index is 1.05. The molecule has 0 aromatic carbocycles. The van der Waals surface area contributed by atoms with Crippen LogP contribution in [-0.2, 0) is 0 Å². The molecule has 0 nitrogen and oxygen atoms in total. The smallest absolute Gasteiger partial charge is 0.00932 e. The standard InChI is InChI=1S/C27H24/c1-5-2-8-12-16-20-18-14-10-4-6-3-9-13-17-19-15-11-7(1)21(5,8)23(11,12)25(15,16)27(19,20)26(17,18)24(13,14)22(6,9)10/h5-20H,1-4H2. The summed E-state index contributed by atoms with van der Waals surface area (Å²) in [6.45, 7) is 0. The van der Waals surface area contributed by atoms with Gasteiger partial charge in [-0.25, -0.2) is 0 Å². The number of fused-ring (bicyclic) bond motifs is 12. The van der Waals surface area contributed by atoms with Gasteiger partial charge in [-0.3, -0.25) is 0 Å². The lowest BCUT2D eigenvalue weighted by atomic mass is 8.70. The highest BCUT2D eigenvalue weighted by Gasteiger charge is 3.32. The van der Waals surface area contributed by atoms with E-state index in [1.807, 2.05) is 0 Å². The Bertz CT molecular complexity index is 1060. The second-order valence-electron chi connectivity index (χ2n) is 16.2. The predicted octanol–water partition coefficient (Wildman–Crippen LogP) is 3.53. The zero-order valence-corrected chi connectivity index (χ0v) is 15.6. The van der Waals surface area contributed by atoms with Crippen LogP contribution in [0.15, 0.2) is 0 Å². The first-order valence-electron chi connectivity index (χ1n) is 13.4. The van der Waals surface area contributed by atoms with Gasteiger partial charge in [0.1, 0.15) is 0 Å². The second kappa shape index (κ2) is 1.84. The van der Waals surface area contributed by atoms with Crippen LogP contribution in [0.4, 0.5) is 0 Å². The molecule has 0 aromatic heterocycles. The van der Waals surface area contributed by atoms with Gasteiger partial charge in [0, 0.05) is 0 Å². The van der Waals surface area contributed by atoms with Crippen molar-refractivity contribution in [3.05, 3.63) is 0 Å². The highest BCUT2D eigenvalue weighted by atomic mass is 15.3. The molecule has 0 aromatic rings. The minimum absolute atomic E-state index is 1.08. The van der Waals surface area contributed by atoms with Crippen LogP contribution in [-0.4, -0.2) is 0 Å². The van der Waals surface area contributed by atoms with Gasteiger partial charge in [-0.2, -0.15) is 0 Å². The first-order valence-corrected chi connectivity index (χ1v) is 13.4. The van der Waals surface area contributed by atoms with Gasteiger partial charge in [0.25, 0.3) is 0 Å². The maximum Gasteiger partial charge on any atom is -0.00932 e. The summed E-state index contributed by atoms with van der Waals surface area (Å²) in [7, 11) is 0. The lowest BCUT2D eigenvalue weighted by Gasteiger charge is -3.33. The summed E-state index contributed by atoms with van der Waals surface area (Å²) in [4.78, 5) is 0. The molecule has 132 valence electrons. The molecule has 12 atom stereocenters. The Hall–Kier alpha value is 0. The SMILES string of the molecule is C1C2CC3C4C5C6C7C8C9CC%10CC%11C%12C%13C%14C%15C%16C1C23C%164C%155C%146C%137C%128C%10%119. The minimum Gasteiger partial charge on any atom is -0.0461 e. The fourth-order valence-electron chi connectivity index (χ4n) is 23.2. The van der Waals surface area contributed by atoms with Gasteiger partial charge in [0.15, 0.2) is 0 Å². The Morgan fingerprint density at radius 1 is 0.333 bits per heavy atom. The van der Waals surface area contributed by atoms with Crippen LogP contribution in [0.5, 0.6) is 0 Å². The van der Waals surface area contributed by atoms with Crippen molar-refractivity contribution in [3.63, 3.8) is 0 Å². The van der Waals surface area contributed by atoms with E-state index in [9.17, 15) is 0 Å². The van der Waals surface area contributed by atoms with E-state index in [0.29, 0.717) is 0 Å². The zero-order chi connectivity index (χ0) is 15.6. The molecule has 0 aliphatic heterocycles. The van der Waals surface area contributed by atoms with Gasteiger partial charge in [0.05, 0.1) is 0 Å². The van der Waals surface area contributed by atoms with E-state index in [4.69, 9.17) is 0 Å². The molecule has 0 amide bonds. The van der Waals surface area contributed by atoms with Crippen LogP contribution in [0.25, 0.3) is 0 Å². The summed E-state index contributed by atoms with van der Waals surface area (Å²) in [6, 6.07) is 0. The molecule has 0 bridgehead atoms. The molecule has 0 heteroatoms. The van der Waals surface area contributed by atoms with Crippen molar-refractivity contribution in [2.24, 2.45) is 133 Å². The number of rotatable bonds is 0. The Labute approximate surface area is 158 Å². The molecule has 0 saturated heterocycles. The third-order valence-corrected chi connectivity index (χ3v) is 20.2. The summed E-state index contributed by atoms with van der Waals surface area (Å²) in [6.07, 6.45) is 6.94.